The Hall–Kier alpha value is -2.93. The highest BCUT2D eigenvalue weighted by Crippen LogP contribution is 2.25. The molecule has 0 radical (unpaired) electrons. The van der Waals surface area contributed by atoms with Crippen molar-refractivity contribution in [2.24, 2.45) is 0 Å². The molecule has 6 nitrogen and oxygen atoms in total. The van der Waals surface area contributed by atoms with E-state index in [-0.39, 0.29) is 17.8 Å². The third kappa shape index (κ3) is 3.84. The summed E-state index contributed by atoms with van der Waals surface area (Å²) in [6, 6.07) is 9.84. The Balaban J connectivity index is 1.47. The molecular formula is C21H23FN4O2. The van der Waals surface area contributed by atoms with Crippen LogP contribution < -0.4 is 5.32 Å². The number of H-pyrrole nitrogens is 1. The van der Waals surface area contributed by atoms with E-state index in [1.54, 1.807) is 25.3 Å². The van der Waals surface area contributed by atoms with Gasteiger partial charge in [-0.25, -0.2) is 9.37 Å². The van der Waals surface area contributed by atoms with Crippen molar-refractivity contribution in [2.45, 2.75) is 25.8 Å². The Morgan fingerprint density at radius 1 is 1.29 bits per heavy atom. The third-order valence-electron chi connectivity index (χ3n) is 5.13. The van der Waals surface area contributed by atoms with Crippen molar-refractivity contribution in [1.82, 2.24) is 20.2 Å². The number of furan rings is 1. The number of nitrogens with one attached hydrogen (secondary N) is 2. The minimum atomic E-state index is -0.309. The number of hydrogen-bond acceptors (Lipinski definition) is 4. The molecule has 7 heteroatoms. The number of benzene rings is 1. The summed E-state index contributed by atoms with van der Waals surface area (Å²) in [5.41, 5.74) is 1.75. The first-order valence-electron chi connectivity index (χ1n) is 9.50. The molecule has 1 unspecified atom stereocenters. The van der Waals surface area contributed by atoms with Gasteiger partial charge in [0.2, 0.25) is 0 Å². The number of halogens is 1. The number of aromatic amines is 1. The smallest absolute Gasteiger partial charge is 0.271 e. The summed E-state index contributed by atoms with van der Waals surface area (Å²) in [4.78, 5) is 22.6. The van der Waals surface area contributed by atoms with Gasteiger partial charge in [0.05, 0.1) is 12.3 Å². The fraction of sp³-hybridized carbons (Fsp3) is 0.333. The SMILES string of the molecule is Cc1[nH]c(-c2ccc(F)cc2)nc1C(=O)NCC(c1ccco1)N1CCCC1. The molecule has 4 rings (SSSR count). The molecule has 146 valence electrons. The van der Waals surface area contributed by atoms with Gasteiger partial charge in [-0.05, 0) is 69.3 Å². The van der Waals surface area contributed by atoms with Gasteiger partial charge in [0, 0.05) is 17.8 Å². The van der Waals surface area contributed by atoms with E-state index in [2.05, 4.69) is 20.2 Å². The molecule has 1 aliphatic heterocycles. The van der Waals surface area contributed by atoms with E-state index in [1.165, 1.54) is 12.1 Å². The van der Waals surface area contributed by atoms with Gasteiger partial charge >= 0.3 is 0 Å². The van der Waals surface area contributed by atoms with E-state index in [0.717, 1.165) is 37.3 Å². The second-order valence-electron chi connectivity index (χ2n) is 7.05. The Morgan fingerprint density at radius 2 is 2.04 bits per heavy atom. The molecule has 0 saturated carbocycles. The van der Waals surface area contributed by atoms with Crippen molar-refractivity contribution in [2.75, 3.05) is 19.6 Å². The van der Waals surface area contributed by atoms with Gasteiger partial charge in [0.15, 0.2) is 0 Å². The second kappa shape index (κ2) is 7.98. The van der Waals surface area contributed by atoms with Crippen LogP contribution in [-0.2, 0) is 0 Å². The highest BCUT2D eigenvalue weighted by molar-refractivity contribution is 5.94. The van der Waals surface area contributed by atoms with Crippen LogP contribution in [0.1, 0.15) is 40.8 Å². The maximum Gasteiger partial charge on any atom is 0.271 e. The standard InChI is InChI=1S/C21H23FN4O2/c1-14-19(25-20(24-14)15-6-8-16(22)9-7-15)21(27)23-13-17(18-5-4-12-28-18)26-10-2-3-11-26/h4-9,12,17H,2-3,10-11,13H2,1H3,(H,23,27)(H,24,25). The van der Waals surface area contributed by atoms with Crippen LogP contribution in [0.25, 0.3) is 11.4 Å². The Morgan fingerprint density at radius 3 is 2.71 bits per heavy atom. The van der Waals surface area contributed by atoms with E-state index in [0.29, 0.717) is 23.8 Å². The Kier molecular flexibility index (Phi) is 5.25. The lowest BCUT2D eigenvalue weighted by Crippen LogP contribution is -2.37. The first-order valence-corrected chi connectivity index (χ1v) is 9.50. The highest BCUT2D eigenvalue weighted by Gasteiger charge is 2.26. The number of amides is 1. The number of carbonyl (C=O) groups excluding carboxylic acids is 1. The average molecular weight is 382 g/mol. The zero-order valence-electron chi connectivity index (χ0n) is 15.7. The van der Waals surface area contributed by atoms with E-state index in [9.17, 15) is 9.18 Å². The maximum atomic E-state index is 13.1. The quantitative estimate of drug-likeness (QED) is 0.682. The summed E-state index contributed by atoms with van der Waals surface area (Å²) < 4.78 is 18.7. The van der Waals surface area contributed by atoms with Gasteiger partial charge in [-0.1, -0.05) is 0 Å². The Bertz CT molecular complexity index is 928. The van der Waals surface area contributed by atoms with Crippen LogP contribution in [0.2, 0.25) is 0 Å². The number of nitrogens with zero attached hydrogens (tertiary/aromatic N) is 2. The summed E-state index contributed by atoms with van der Waals surface area (Å²) in [6.07, 6.45) is 3.97. The summed E-state index contributed by atoms with van der Waals surface area (Å²) in [7, 11) is 0. The normalized spacial score (nSPS) is 15.6. The van der Waals surface area contributed by atoms with Gasteiger partial charge in [-0.15, -0.1) is 0 Å². The third-order valence-corrected chi connectivity index (χ3v) is 5.13. The molecule has 1 aromatic carbocycles. The van der Waals surface area contributed by atoms with E-state index in [1.807, 2.05) is 12.1 Å². The topological polar surface area (TPSA) is 74.2 Å². The van der Waals surface area contributed by atoms with Gasteiger partial charge < -0.3 is 14.7 Å². The molecule has 1 amide bonds. The van der Waals surface area contributed by atoms with E-state index < -0.39 is 0 Å². The van der Waals surface area contributed by atoms with Crippen molar-refractivity contribution >= 4 is 5.91 Å². The van der Waals surface area contributed by atoms with Crippen molar-refractivity contribution in [1.29, 1.82) is 0 Å². The molecule has 2 aromatic heterocycles. The fourth-order valence-corrected chi connectivity index (χ4v) is 3.64. The molecule has 1 atom stereocenters. The lowest BCUT2D eigenvalue weighted by Gasteiger charge is -2.25. The Labute approximate surface area is 162 Å². The molecule has 3 aromatic rings. The van der Waals surface area contributed by atoms with E-state index >= 15 is 0 Å². The van der Waals surface area contributed by atoms with Crippen molar-refractivity contribution in [3.8, 4) is 11.4 Å². The zero-order chi connectivity index (χ0) is 19.5. The zero-order valence-corrected chi connectivity index (χ0v) is 15.7. The molecule has 1 aliphatic rings. The number of aromatic nitrogens is 2. The van der Waals surface area contributed by atoms with Gasteiger partial charge in [0.1, 0.15) is 23.1 Å². The molecule has 2 N–H and O–H groups in total. The number of carbonyl (C=O) groups is 1. The summed E-state index contributed by atoms with van der Waals surface area (Å²) >= 11 is 0. The second-order valence-corrected chi connectivity index (χ2v) is 7.05. The monoisotopic (exact) mass is 382 g/mol. The maximum absolute atomic E-state index is 13.1. The first kappa shape index (κ1) is 18.4. The summed E-state index contributed by atoms with van der Waals surface area (Å²) in [5.74, 6) is 0.853. The molecule has 28 heavy (non-hydrogen) atoms. The number of hydrogen-bond donors (Lipinski definition) is 2. The largest absolute Gasteiger partial charge is 0.468 e. The molecule has 0 bridgehead atoms. The van der Waals surface area contributed by atoms with Gasteiger partial charge in [0.25, 0.3) is 5.91 Å². The number of likely N-dealkylation sites (tertiary alicyclic amines) is 1. The minimum absolute atomic E-state index is 0.0114. The van der Waals surface area contributed by atoms with Crippen LogP contribution in [0.4, 0.5) is 4.39 Å². The minimum Gasteiger partial charge on any atom is -0.468 e. The molecule has 0 spiro atoms. The fourth-order valence-electron chi connectivity index (χ4n) is 3.64. The predicted octanol–water partition coefficient (Wildman–Crippen LogP) is 3.68. The van der Waals surface area contributed by atoms with E-state index in [4.69, 9.17) is 4.42 Å². The molecule has 3 heterocycles. The lowest BCUT2D eigenvalue weighted by molar-refractivity contribution is 0.0928. The highest BCUT2D eigenvalue weighted by atomic mass is 19.1. The lowest BCUT2D eigenvalue weighted by atomic mass is 10.2. The molecule has 0 aliphatic carbocycles. The molecule has 1 saturated heterocycles. The molecular weight excluding hydrogens is 359 g/mol. The predicted molar refractivity (Wildman–Crippen MR) is 103 cm³/mol. The van der Waals surface area contributed by atoms with Crippen LogP contribution in [0.15, 0.2) is 47.1 Å². The van der Waals surface area contributed by atoms with Gasteiger partial charge in [-0.2, -0.15) is 0 Å². The molecule has 1 fully saturated rings. The van der Waals surface area contributed by atoms with Crippen molar-refractivity contribution in [3.05, 3.63) is 65.6 Å². The van der Waals surface area contributed by atoms with Crippen LogP contribution in [0.3, 0.4) is 0 Å². The first-order chi connectivity index (χ1) is 13.6. The number of imidazole rings is 1. The van der Waals surface area contributed by atoms with Crippen LogP contribution >= 0.6 is 0 Å². The van der Waals surface area contributed by atoms with Gasteiger partial charge in [-0.3, -0.25) is 9.69 Å². The number of aryl methyl sites for hydroxylation is 1. The van der Waals surface area contributed by atoms with Crippen molar-refractivity contribution in [3.63, 3.8) is 0 Å². The summed E-state index contributed by atoms with van der Waals surface area (Å²) in [6.45, 7) is 4.25. The van der Waals surface area contributed by atoms with Crippen molar-refractivity contribution < 1.29 is 13.6 Å². The number of rotatable bonds is 6. The average Bonchev–Trinajstić information content (AvgIpc) is 3.45. The van der Waals surface area contributed by atoms with Crippen LogP contribution in [-0.4, -0.2) is 40.4 Å². The summed E-state index contributed by atoms with van der Waals surface area (Å²) in [5, 5.41) is 3.00. The van der Waals surface area contributed by atoms with Crippen LogP contribution in [0.5, 0.6) is 0 Å². The van der Waals surface area contributed by atoms with Crippen LogP contribution in [0, 0.1) is 12.7 Å².